The smallest absolute Gasteiger partial charge is 0.404 e. The molecule has 0 aliphatic carbocycles. The number of nitrogens with zero attached hydrogens (tertiary/aromatic N) is 1. The molecule has 0 saturated carbocycles. The zero-order chi connectivity index (χ0) is 25.8. The van der Waals surface area contributed by atoms with Crippen LogP contribution in [0.5, 0.6) is 17.2 Å². The molecule has 0 radical (unpaired) electrons. The van der Waals surface area contributed by atoms with Crippen LogP contribution in [0.15, 0.2) is 24.4 Å². The summed E-state index contributed by atoms with van der Waals surface area (Å²) in [6, 6.07) is 5.08. The van der Waals surface area contributed by atoms with Crippen molar-refractivity contribution in [1.29, 1.82) is 0 Å². The molecule has 1 aliphatic heterocycles. The minimum atomic E-state index is -1.08. The number of amides is 2. The number of hydrogen-bond donors (Lipinski definition) is 3. The van der Waals surface area contributed by atoms with Crippen molar-refractivity contribution in [2.24, 2.45) is 11.3 Å². The number of rotatable bonds is 9. The summed E-state index contributed by atoms with van der Waals surface area (Å²) < 4.78 is 17.7. The molecule has 1 aromatic carbocycles. The standard InChI is InChI=1S/C26H35N3O6/c1-15(11-26(3,4)5)9-18(29-25(31)32)14-34-21-8-7-19-20-10-22(28-16(2)30)27-12-17(20)13-35-23(19)24(21)33-6/h7-8,10,12,15,18,29H,9,11,13-14H2,1-6H3,(H,31,32)(H,27,28,30). The van der Waals surface area contributed by atoms with Gasteiger partial charge in [-0.15, -0.1) is 0 Å². The maximum Gasteiger partial charge on any atom is 0.404 e. The molecule has 2 atom stereocenters. The van der Waals surface area contributed by atoms with E-state index in [1.54, 1.807) is 12.3 Å². The van der Waals surface area contributed by atoms with E-state index >= 15 is 0 Å². The van der Waals surface area contributed by atoms with Crippen molar-refractivity contribution in [1.82, 2.24) is 10.3 Å². The van der Waals surface area contributed by atoms with Crippen LogP contribution in [0, 0.1) is 11.3 Å². The van der Waals surface area contributed by atoms with E-state index in [1.165, 1.54) is 14.0 Å². The van der Waals surface area contributed by atoms with Crippen molar-refractivity contribution < 1.29 is 28.9 Å². The van der Waals surface area contributed by atoms with Crippen molar-refractivity contribution in [2.75, 3.05) is 19.0 Å². The molecule has 0 spiro atoms. The Labute approximate surface area is 206 Å². The fraction of sp³-hybridized carbons (Fsp3) is 0.500. The molecule has 2 unspecified atom stereocenters. The van der Waals surface area contributed by atoms with E-state index < -0.39 is 6.09 Å². The quantitative estimate of drug-likeness (QED) is 0.453. The highest BCUT2D eigenvalue weighted by molar-refractivity contribution is 5.89. The molecule has 9 nitrogen and oxygen atoms in total. The van der Waals surface area contributed by atoms with E-state index in [1.807, 2.05) is 12.1 Å². The van der Waals surface area contributed by atoms with Gasteiger partial charge in [0.1, 0.15) is 19.0 Å². The lowest BCUT2D eigenvalue weighted by atomic mass is 9.83. The van der Waals surface area contributed by atoms with Gasteiger partial charge in [0.15, 0.2) is 11.5 Å². The van der Waals surface area contributed by atoms with Crippen molar-refractivity contribution in [2.45, 2.75) is 60.1 Å². The number of ether oxygens (including phenoxy) is 3. The van der Waals surface area contributed by atoms with Crippen molar-refractivity contribution in [3.63, 3.8) is 0 Å². The average Bonchev–Trinajstić information content (AvgIpc) is 2.74. The van der Waals surface area contributed by atoms with Crippen LogP contribution in [-0.4, -0.2) is 41.8 Å². The van der Waals surface area contributed by atoms with Crippen LogP contribution in [0.4, 0.5) is 10.6 Å². The van der Waals surface area contributed by atoms with Crippen LogP contribution >= 0.6 is 0 Å². The van der Waals surface area contributed by atoms with E-state index in [4.69, 9.17) is 14.2 Å². The number of carbonyl (C=O) groups is 2. The average molecular weight is 486 g/mol. The number of anilines is 1. The Morgan fingerprint density at radius 2 is 2.00 bits per heavy atom. The minimum absolute atomic E-state index is 0.152. The molecule has 2 heterocycles. The first-order valence-corrected chi connectivity index (χ1v) is 11.7. The van der Waals surface area contributed by atoms with Crippen LogP contribution in [0.2, 0.25) is 0 Å². The highest BCUT2D eigenvalue weighted by atomic mass is 16.5. The summed E-state index contributed by atoms with van der Waals surface area (Å²) in [4.78, 5) is 27.1. The number of fused-ring (bicyclic) bond motifs is 3. The molecular formula is C26H35N3O6. The minimum Gasteiger partial charge on any atom is -0.490 e. The molecule has 3 rings (SSSR count). The highest BCUT2D eigenvalue weighted by Crippen LogP contribution is 2.48. The lowest BCUT2D eigenvalue weighted by Gasteiger charge is -2.27. The fourth-order valence-corrected chi connectivity index (χ4v) is 4.60. The molecule has 2 amide bonds. The molecule has 190 valence electrons. The lowest BCUT2D eigenvalue weighted by molar-refractivity contribution is -0.114. The van der Waals surface area contributed by atoms with Gasteiger partial charge >= 0.3 is 6.09 Å². The number of carbonyl (C=O) groups excluding carboxylic acids is 1. The maximum atomic E-state index is 11.4. The summed E-state index contributed by atoms with van der Waals surface area (Å²) in [6.07, 6.45) is 2.22. The Hall–Kier alpha value is -3.49. The van der Waals surface area contributed by atoms with E-state index in [2.05, 4.69) is 43.3 Å². The second-order valence-corrected chi connectivity index (χ2v) is 10.2. The van der Waals surface area contributed by atoms with Gasteiger partial charge < -0.3 is 30.0 Å². The van der Waals surface area contributed by atoms with Crippen molar-refractivity contribution >= 4 is 17.8 Å². The van der Waals surface area contributed by atoms with Gasteiger partial charge in [0.2, 0.25) is 11.7 Å². The summed E-state index contributed by atoms with van der Waals surface area (Å²) in [5, 5.41) is 14.6. The number of nitrogens with one attached hydrogen (secondary N) is 2. The first kappa shape index (κ1) is 26.1. The van der Waals surface area contributed by atoms with Crippen LogP contribution in [0.3, 0.4) is 0 Å². The van der Waals surface area contributed by atoms with E-state index in [0.29, 0.717) is 42.0 Å². The van der Waals surface area contributed by atoms with Gasteiger partial charge in [0.25, 0.3) is 0 Å². The molecular weight excluding hydrogens is 450 g/mol. The van der Waals surface area contributed by atoms with Gasteiger partial charge in [-0.25, -0.2) is 9.78 Å². The zero-order valence-electron chi connectivity index (χ0n) is 21.2. The number of aromatic nitrogens is 1. The van der Waals surface area contributed by atoms with Gasteiger partial charge in [-0.3, -0.25) is 4.79 Å². The third-order valence-electron chi connectivity index (χ3n) is 5.65. The topological polar surface area (TPSA) is 119 Å². The summed E-state index contributed by atoms with van der Waals surface area (Å²) in [7, 11) is 1.54. The molecule has 9 heteroatoms. The molecule has 0 saturated heterocycles. The van der Waals surface area contributed by atoms with Crippen molar-refractivity contribution in [3.05, 3.63) is 30.0 Å². The second-order valence-electron chi connectivity index (χ2n) is 10.2. The molecule has 3 N–H and O–H groups in total. The van der Waals surface area contributed by atoms with Gasteiger partial charge in [0, 0.05) is 24.2 Å². The highest BCUT2D eigenvalue weighted by Gasteiger charge is 2.26. The Morgan fingerprint density at radius 3 is 2.63 bits per heavy atom. The molecule has 2 aromatic rings. The van der Waals surface area contributed by atoms with Gasteiger partial charge in [-0.1, -0.05) is 27.7 Å². The van der Waals surface area contributed by atoms with Gasteiger partial charge in [-0.05, 0) is 47.9 Å². The first-order chi connectivity index (χ1) is 16.5. The zero-order valence-corrected chi connectivity index (χ0v) is 21.2. The Morgan fingerprint density at radius 1 is 1.26 bits per heavy atom. The lowest BCUT2D eigenvalue weighted by Crippen LogP contribution is -2.39. The Bertz CT molecular complexity index is 1080. The number of hydrogen-bond acceptors (Lipinski definition) is 6. The maximum absolute atomic E-state index is 11.4. The van der Waals surface area contributed by atoms with Crippen LogP contribution in [0.1, 0.15) is 53.0 Å². The van der Waals surface area contributed by atoms with Gasteiger partial charge in [-0.2, -0.15) is 0 Å². The molecule has 0 bridgehead atoms. The normalized spacial score (nSPS) is 14.0. The van der Waals surface area contributed by atoms with Crippen LogP contribution in [0.25, 0.3) is 11.1 Å². The number of pyridine rings is 1. The second kappa shape index (κ2) is 10.8. The third kappa shape index (κ3) is 7.00. The Balaban J connectivity index is 1.82. The molecule has 1 aromatic heterocycles. The summed E-state index contributed by atoms with van der Waals surface area (Å²) in [5.74, 6) is 1.99. The van der Waals surface area contributed by atoms with E-state index in [9.17, 15) is 14.7 Å². The fourth-order valence-electron chi connectivity index (χ4n) is 4.60. The number of methoxy groups -OCH3 is 1. The van der Waals surface area contributed by atoms with Crippen LogP contribution < -0.4 is 24.8 Å². The summed E-state index contributed by atoms with van der Waals surface area (Å²) in [6.45, 7) is 10.5. The predicted molar refractivity (Wildman–Crippen MR) is 133 cm³/mol. The summed E-state index contributed by atoms with van der Waals surface area (Å²) >= 11 is 0. The first-order valence-electron chi connectivity index (χ1n) is 11.7. The predicted octanol–water partition coefficient (Wildman–Crippen LogP) is 5.09. The molecule has 1 aliphatic rings. The van der Waals surface area contributed by atoms with E-state index in [0.717, 1.165) is 23.1 Å². The monoisotopic (exact) mass is 485 g/mol. The SMILES string of the molecule is COc1c(OCC(CC(C)CC(C)(C)C)NC(=O)O)ccc2c1OCc1cnc(NC(C)=O)cc1-2. The van der Waals surface area contributed by atoms with Gasteiger partial charge in [0.05, 0.1) is 13.2 Å². The number of benzene rings is 1. The summed E-state index contributed by atoms with van der Waals surface area (Å²) in [5.41, 5.74) is 2.72. The number of carboxylic acid groups (broad SMARTS) is 1. The third-order valence-corrected chi connectivity index (χ3v) is 5.65. The van der Waals surface area contributed by atoms with Crippen molar-refractivity contribution in [3.8, 4) is 28.4 Å². The Kier molecular flexibility index (Phi) is 8.09. The molecule has 0 fully saturated rings. The molecule has 35 heavy (non-hydrogen) atoms. The van der Waals surface area contributed by atoms with Crippen LogP contribution in [-0.2, 0) is 11.4 Å². The van der Waals surface area contributed by atoms with E-state index in [-0.39, 0.29) is 24.0 Å². The largest absolute Gasteiger partial charge is 0.490 e.